The zero-order valence-electron chi connectivity index (χ0n) is 9.41. The fourth-order valence-electron chi connectivity index (χ4n) is 1.56. The van der Waals surface area contributed by atoms with E-state index in [1.54, 1.807) is 11.3 Å². The molecule has 1 heterocycles. The minimum Gasteiger partial charge on any atom is -0.306 e. The molecule has 17 heavy (non-hydrogen) atoms. The number of rotatable bonds is 4. The summed E-state index contributed by atoms with van der Waals surface area (Å²) in [5.41, 5.74) is 2.63. The minimum absolute atomic E-state index is 0.392. The van der Waals surface area contributed by atoms with Crippen LogP contribution in [-0.4, -0.2) is 0 Å². The zero-order chi connectivity index (χ0) is 12.3. The SMILES string of the molecule is CC(NCc1ccc(Br)c(Br)c1)c1ccsc1. The van der Waals surface area contributed by atoms with Crippen LogP contribution in [-0.2, 0) is 6.54 Å². The third-order valence-corrected chi connectivity index (χ3v) is 5.22. The van der Waals surface area contributed by atoms with E-state index >= 15 is 0 Å². The first-order valence-corrected chi connectivity index (χ1v) is 7.89. The Kier molecular flexibility index (Phi) is 4.79. The lowest BCUT2D eigenvalue weighted by Crippen LogP contribution is -2.17. The molecule has 0 saturated heterocycles. The smallest absolute Gasteiger partial charge is 0.0320 e. The van der Waals surface area contributed by atoms with Crippen LogP contribution in [0.2, 0.25) is 0 Å². The van der Waals surface area contributed by atoms with Crippen LogP contribution in [0, 0.1) is 0 Å². The molecule has 0 fully saturated rings. The van der Waals surface area contributed by atoms with E-state index in [-0.39, 0.29) is 0 Å². The maximum atomic E-state index is 3.52. The second kappa shape index (κ2) is 6.14. The Labute approximate surface area is 123 Å². The summed E-state index contributed by atoms with van der Waals surface area (Å²) >= 11 is 8.73. The van der Waals surface area contributed by atoms with Crippen molar-refractivity contribution in [3.8, 4) is 0 Å². The average molecular weight is 375 g/mol. The van der Waals surface area contributed by atoms with Crippen molar-refractivity contribution in [2.45, 2.75) is 19.5 Å². The number of hydrogen-bond acceptors (Lipinski definition) is 2. The lowest BCUT2D eigenvalue weighted by molar-refractivity contribution is 0.576. The summed E-state index contributed by atoms with van der Waals surface area (Å²) in [5, 5.41) is 7.82. The van der Waals surface area contributed by atoms with E-state index in [0.29, 0.717) is 6.04 Å². The third kappa shape index (κ3) is 3.65. The topological polar surface area (TPSA) is 12.0 Å². The second-order valence-electron chi connectivity index (χ2n) is 3.91. The Morgan fingerprint density at radius 3 is 2.71 bits per heavy atom. The normalized spacial score (nSPS) is 12.6. The second-order valence-corrected chi connectivity index (χ2v) is 6.40. The Balaban J connectivity index is 1.96. The summed E-state index contributed by atoms with van der Waals surface area (Å²) in [6, 6.07) is 8.89. The zero-order valence-corrected chi connectivity index (χ0v) is 13.4. The molecular formula is C13H13Br2NS. The third-order valence-electron chi connectivity index (χ3n) is 2.64. The van der Waals surface area contributed by atoms with Crippen molar-refractivity contribution in [2.75, 3.05) is 0 Å². The van der Waals surface area contributed by atoms with E-state index in [9.17, 15) is 0 Å². The molecule has 2 aromatic rings. The van der Waals surface area contributed by atoms with E-state index < -0.39 is 0 Å². The summed E-state index contributed by atoms with van der Waals surface area (Å²) in [7, 11) is 0. The Hall–Kier alpha value is -0.160. The van der Waals surface area contributed by atoms with Gasteiger partial charge in [-0.2, -0.15) is 11.3 Å². The molecule has 2 rings (SSSR count). The molecular weight excluding hydrogens is 362 g/mol. The molecule has 0 bridgehead atoms. The number of hydrogen-bond donors (Lipinski definition) is 1. The van der Waals surface area contributed by atoms with Gasteiger partial charge in [0.1, 0.15) is 0 Å². The molecule has 0 spiro atoms. The van der Waals surface area contributed by atoms with Crippen molar-refractivity contribution in [1.82, 2.24) is 5.32 Å². The van der Waals surface area contributed by atoms with Gasteiger partial charge in [-0.15, -0.1) is 0 Å². The van der Waals surface area contributed by atoms with Crippen LogP contribution in [0.5, 0.6) is 0 Å². The van der Waals surface area contributed by atoms with E-state index in [1.165, 1.54) is 11.1 Å². The highest BCUT2D eigenvalue weighted by molar-refractivity contribution is 9.13. The summed E-state index contributed by atoms with van der Waals surface area (Å²) in [6.45, 7) is 3.07. The summed E-state index contributed by atoms with van der Waals surface area (Å²) in [4.78, 5) is 0. The summed E-state index contributed by atoms with van der Waals surface area (Å²) in [6.07, 6.45) is 0. The van der Waals surface area contributed by atoms with Crippen molar-refractivity contribution in [1.29, 1.82) is 0 Å². The molecule has 0 saturated carbocycles. The number of benzene rings is 1. The Morgan fingerprint density at radius 2 is 2.06 bits per heavy atom. The maximum Gasteiger partial charge on any atom is 0.0320 e. The maximum absolute atomic E-state index is 3.52. The van der Waals surface area contributed by atoms with Crippen LogP contribution in [0.25, 0.3) is 0 Å². The molecule has 0 amide bonds. The predicted molar refractivity (Wildman–Crippen MR) is 81.4 cm³/mol. The van der Waals surface area contributed by atoms with Gasteiger partial charge in [-0.1, -0.05) is 6.07 Å². The highest BCUT2D eigenvalue weighted by Gasteiger charge is 2.05. The van der Waals surface area contributed by atoms with Crippen LogP contribution in [0.4, 0.5) is 0 Å². The van der Waals surface area contributed by atoms with Gasteiger partial charge >= 0.3 is 0 Å². The van der Waals surface area contributed by atoms with Crippen molar-refractivity contribution in [3.63, 3.8) is 0 Å². The van der Waals surface area contributed by atoms with Crippen LogP contribution in [0.3, 0.4) is 0 Å². The van der Waals surface area contributed by atoms with Crippen LogP contribution < -0.4 is 5.32 Å². The largest absolute Gasteiger partial charge is 0.306 e. The Bertz CT molecular complexity index is 482. The van der Waals surface area contributed by atoms with E-state index in [0.717, 1.165) is 15.5 Å². The first-order chi connectivity index (χ1) is 8.16. The number of halogens is 2. The molecule has 0 aliphatic heterocycles. The van der Waals surface area contributed by atoms with Gasteiger partial charge < -0.3 is 5.32 Å². The van der Waals surface area contributed by atoms with E-state index in [4.69, 9.17) is 0 Å². The van der Waals surface area contributed by atoms with Gasteiger partial charge in [-0.25, -0.2) is 0 Å². The molecule has 1 aromatic carbocycles. The van der Waals surface area contributed by atoms with Gasteiger partial charge in [0, 0.05) is 21.5 Å². The average Bonchev–Trinajstić information content (AvgIpc) is 2.84. The number of thiophene rings is 1. The molecule has 1 aromatic heterocycles. The first kappa shape index (κ1) is 13.3. The lowest BCUT2D eigenvalue weighted by atomic mass is 10.1. The van der Waals surface area contributed by atoms with Gasteiger partial charge in [0.2, 0.25) is 0 Å². The van der Waals surface area contributed by atoms with Crippen molar-refractivity contribution in [2.24, 2.45) is 0 Å². The molecule has 90 valence electrons. The molecule has 0 radical (unpaired) electrons. The molecule has 4 heteroatoms. The highest BCUT2D eigenvalue weighted by Crippen LogP contribution is 2.24. The van der Waals surface area contributed by atoms with Crippen LogP contribution >= 0.6 is 43.2 Å². The molecule has 0 aliphatic rings. The fraction of sp³-hybridized carbons (Fsp3) is 0.231. The highest BCUT2D eigenvalue weighted by atomic mass is 79.9. The first-order valence-electron chi connectivity index (χ1n) is 5.36. The molecule has 1 nitrogen and oxygen atoms in total. The Morgan fingerprint density at radius 1 is 1.24 bits per heavy atom. The molecule has 0 aliphatic carbocycles. The van der Waals surface area contributed by atoms with Crippen LogP contribution in [0.15, 0.2) is 44.0 Å². The standard InChI is InChI=1S/C13H13Br2NS/c1-9(11-4-5-17-8-11)16-7-10-2-3-12(14)13(15)6-10/h2-6,8-9,16H,7H2,1H3. The molecule has 1 N–H and O–H groups in total. The number of nitrogens with one attached hydrogen (secondary N) is 1. The molecule has 1 atom stereocenters. The van der Waals surface area contributed by atoms with Gasteiger partial charge in [0.15, 0.2) is 0 Å². The van der Waals surface area contributed by atoms with Crippen molar-refractivity contribution in [3.05, 3.63) is 55.1 Å². The molecule has 1 unspecified atom stereocenters. The van der Waals surface area contributed by atoms with Crippen LogP contribution in [0.1, 0.15) is 24.1 Å². The summed E-state index contributed by atoms with van der Waals surface area (Å²) in [5.74, 6) is 0. The van der Waals surface area contributed by atoms with Gasteiger partial charge in [0.25, 0.3) is 0 Å². The monoisotopic (exact) mass is 373 g/mol. The minimum atomic E-state index is 0.392. The van der Waals surface area contributed by atoms with Gasteiger partial charge in [0.05, 0.1) is 0 Å². The van der Waals surface area contributed by atoms with E-state index in [2.05, 4.69) is 79.1 Å². The quantitative estimate of drug-likeness (QED) is 0.782. The lowest BCUT2D eigenvalue weighted by Gasteiger charge is -2.12. The van der Waals surface area contributed by atoms with E-state index in [1.807, 2.05) is 0 Å². The van der Waals surface area contributed by atoms with Crippen molar-refractivity contribution < 1.29 is 0 Å². The van der Waals surface area contributed by atoms with Gasteiger partial charge in [-0.3, -0.25) is 0 Å². The van der Waals surface area contributed by atoms with Crippen molar-refractivity contribution >= 4 is 43.2 Å². The summed E-state index contributed by atoms with van der Waals surface area (Å²) < 4.78 is 2.19. The predicted octanol–water partition coefficient (Wildman–Crippen LogP) is 5.12. The van der Waals surface area contributed by atoms with Gasteiger partial charge in [-0.05, 0) is 78.9 Å². The fourth-order valence-corrected chi connectivity index (χ4v) is 2.99.